The first-order chi connectivity index (χ1) is 12.2. The number of benzene rings is 2. The van der Waals surface area contributed by atoms with Gasteiger partial charge in [0.05, 0.1) is 0 Å². The van der Waals surface area contributed by atoms with Crippen LogP contribution in [0.4, 0.5) is 18.9 Å². The summed E-state index contributed by atoms with van der Waals surface area (Å²) in [5.74, 6) is -0.156. The predicted octanol–water partition coefficient (Wildman–Crippen LogP) is 3.85. The van der Waals surface area contributed by atoms with Crippen LogP contribution in [-0.2, 0) is 4.79 Å². The Morgan fingerprint density at radius 3 is 2.31 bits per heavy atom. The Labute approximate surface area is 147 Å². The third-order valence-corrected chi connectivity index (χ3v) is 3.15. The summed E-state index contributed by atoms with van der Waals surface area (Å²) in [5, 5.41) is 2.54. The molecular weight excluding hydrogens is 351 g/mol. The maximum atomic E-state index is 12.1. The van der Waals surface area contributed by atoms with Crippen molar-refractivity contribution in [2.24, 2.45) is 0 Å². The second-order valence-electron chi connectivity index (χ2n) is 5.35. The van der Waals surface area contributed by atoms with Gasteiger partial charge in [0.1, 0.15) is 11.5 Å². The van der Waals surface area contributed by atoms with Crippen LogP contribution in [0.5, 0.6) is 11.5 Å². The van der Waals surface area contributed by atoms with E-state index < -0.39 is 18.7 Å². The molecule has 0 unspecified atom stereocenters. The van der Waals surface area contributed by atoms with Gasteiger partial charge >= 0.3 is 6.18 Å². The highest BCUT2D eigenvalue weighted by atomic mass is 19.4. The fourth-order valence-electron chi connectivity index (χ4n) is 1.95. The van der Waals surface area contributed by atoms with E-state index >= 15 is 0 Å². The van der Waals surface area contributed by atoms with Gasteiger partial charge in [-0.1, -0.05) is 12.1 Å². The molecule has 2 aromatic carbocycles. The Morgan fingerprint density at radius 1 is 1.00 bits per heavy atom. The van der Waals surface area contributed by atoms with Crippen LogP contribution in [0, 0.1) is 0 Å². The Kier molecular flexibility index (Phi) is 6.21. The second-order valence-corrected chi connectivity index (χ2v) is 5.35. The second kappa shape index (κ2) is 8.37. The smallest absolute Gasteiger partial charge is 0.422 e. The number of hydrogen-bond acceptors (Lipinski definition) is 4. The number of nitrogens with one attached hydrogen (secondary N) is 1. The lowest BCUT2D eigenvalue weighted by molar-refractivity contribution is -0.153. The van der Waals surface area contributed by atoms with Crippen LogP contribution in [-0.4, -0.2) is 31.1 Å². The molecular formula is C18H16F3NO4. The number of Topliss-reactive ketones (excluding diaryl/α,β-unsaturated/α-hetero) is 1. The number of ether oxygens (including phenoxy) is 2. The molecule has 5 nitrogen and oxygen atoms in total. The zero-order valence-corrected chi connectivity index (χ0v) is 13.8. The molecule has 1 N–H and O–H groups in total. The average molecular weight is 367 g/mol. The lowest BCUT2D eigenvalue weighted by Gasteiger charge is -2.10. The number of anilines is 1. The SMILES string of the molecule is CC(=O)c1cccc(OCC(=O)Nc2ccc(OCC(F)(F)F)cc2)c1. The molecule has 2 rings (SSSR count). The number of rotatable bonds is 7. The monoisotopic (exact) mass is 367 g/mol. The fraction of sp³-hybridized carbons (Fsp3) is 0.222. The maximum absolute atomic E-state index is 12.1. The number of hydrogen-bond donors (Lipinski definition) is 1. The summed E-state index contributed by atoms with van der Waals surface area (Å²) in [6.45, 7) is -0.243. The number of halogens is 3. The van der Waals surface area contributed by atoms with Crippen LogP contribution < -0.4 is 14.8 Å². The molecule has 0 spiro atoms. The topological polar surface area (TPSA) is 64.6 Å². The van der Waals surface area contributed by atoms with Crippen molar-refractivity contribution in [1.29, 1.82) is 0 Å². The van der Waals surface area contributed by atoms with Crippen molar-refractivity contribution in [2.45, 2.75) is 13.1 Å². The van der Waals surface area contributed by atoms with Gasteiger partial charge in [-0.05, 0) is 43.3 Å². The van der Waals surface area contributed by atoms with Crippen molar-refractivity contribution >= 4 is 17.4 Å². The van der Waals surface area contributed by atoms with Gasteiger partial charge in [-0.25, -0.2) is 0 Å². The van der Waals surface area contributed by atoms with Crippen molar-refractivity contribution in [1.82, 2.24) is 0 Å². The molecule has 138 valence electrons. The van der Waals surface area contributed by atoms with Gasteiger partial charge in [0.15, 0.2) is 19.0 Å². The zero-order chi connectivity index (χ0) is 19.2. The van der Waals surface area contributed by atoms with Gasteiger partial charge in [-0.2, -0.15) is 13.2 Å². The van der Waals surface area contributed by atoms with Crippen LogP contribution in [0.15, 0.2) is 48.5 Å². The van der Waals surface area contributed by atoms with Crippen LogP contribution in [0.3, 0.4) is 0 Å². The normalized spacial score (nSPS) is 10.9. The van der Waals surface area contributed by atoms with Gasteiger partial charge in [-0.15, -0.1) is 0 Å². The van der Waals surface area contributed by atoms with Crippen molar-refractivity contribution in [2.75, 3.05) is 18.5 Å². The highest BCUT2D eigenvalue weighted by molar-refractivity contribution is 5.94. The van der Waals surface area contributed by atoms with E-state index in [1.165, 1.54) is 37.3 Å². The van der Waals surface area contributed by atoms with E-state index in [2.05, 4.69) is 10.1 Å². The Morgan fingerprint density at radius 2 is 1.69 bits per heavy atom. The molecule has 0 bridgehead atoms. The number of alkyl halides is 3. The third kappa shape index (κ3) is 6.46. The Balaban J connectivity index is 1.84. The van der Waals surface area contributed by atoms with Gasteiger partial charge in [0.25, 0.3) is 5.91 Å². The molecule has 0 radical (unpaired) electrons. The van der Waals surface area contributed by atoms with Gasteiger partial charge < -0.3 is 14.8 Å². The van der Waals surface area contributed by atoms with Crippen molar-refractivity contribution in [3.63, 3.8) is 0 Å². The van der Waals surface area contributed by atoms with E-state index in [4.69, 9.17) is 4.74 Å². The molecule has 26 heavy (non-hydrogen) atoms. The minimum absolute atomic E-state index is 0.0395. The van der Waals surface area contributed by atoms with Gasteiger partial charge in [0.2, 0.25) is 0 Å². The first kappa shape index (κ1) is 19.3. The van der Waals surface area contributed by atoms with Crippen LogP contribution >= 0.6 is 0 Å². The number of carbonyl (C=O) groups excluding carboxylic acids is 2. The zero-order valence-electron chi connectivity index (χ0n) is 13.8. The summed E-state index contributed by atoms with van der Waals surface area (Å²) in [6.07, 6.45) is -4.41. The summed E-state index contributed by atoms with van der Waals surface area (Å²) < 4.78 is 46.1. The molecule has 0 saturated heterocycles. The molecule has 0 aliphatic rings. The van der Waals surface area contributed by atoms with Crippen LogP contribution in [0.25, 0.3) is 0 Å². The first-order valence-corrected chi connectivity index (χ1v) is 7.56. The summed E-state index contributed by atoms with van der Waals surface area (Å²) in [6, 6.07) is 11.9. The first-order valence-electron chi connectivity index (χ1n) is 7.56. The quantitative estimate of drug-likeness (QED) is 0.755. The maximum Gasteiger partial charge on any atom is 0.422 e. The number of carbonyl (C=O) groups is 2. The highest BCUT2D eigenvalue weighted by Gasteiger charge is 2.28. The van der Waals surface area contributed by atoms with Crippen LogP contribution in [0.1, 0.15) is 17.3 Å². The Hall–Kier alpha value is -3.03. The van der Waals surface area contributed by atoms with E-state index in [1.807, 2.05) is 0 Å². The minimum atomic E-state index is -4.41. The van der Waals surface area contributed by atoms with Crippen molar-refractivity contribution in [3.8, 4) is 11.5 Å². The largest absolute Gasteiger partial charge is 0.484 e. The molecule has 0 saturated carbocycles. The lowest BCUT2D eigenvalue weighted by atomic mass is 10.1. The van der Waals surface area contributed by atoms with Crippen molar-refractivity contribution < 1.29 is 32.2 Å². The molecule has 0 atom stereocenters. The van der Waals surface area contributed by atoms with E-state index in [0.717, 1.165) is 0 Å². The standard InChI is InChI=1S/C18H16F3NO4/c1-12(23)13-3-2-4-16(9-13)25-10-17(24)22-14-5-7-15(8-6-14)26-11-18(19,20)21/h2-9H,10-11H2,1H3,(H,22,24). The lowest BCUT2D eigenvalue weighted by Crippen LogP contribution is -2.20. The fourth-order valence-corrected chi connectivity index (χ4v) is 1.95. The summed E-state index contributed by atoms with van der Waals surface area (Å²) in [4.78, 5) is 23.2. The number of amides is 1. The summed E-state index contributed by atoms with van der Waals surface area (Å²) in [7, 11) is 0. The molecule has 2 aromatic rings. The minimum Gasteiger partial charge on any atom is -0.484 e. The van der Waals surface area contributed by atoms with Gasteiger partial charge in [-0.3, -0.25) is 9.59 Å². The molecule has 0 aromatic heterocycles. The summed E-state index contributed by atoms with van der Waals surface area (Å²) >= 11 is 0. The molecule has 8 heteroatoms. The molecule has 0 aliphatic heterocycles. The summed E-state index contributed by atoms with van der Waals surface area (Å²) in [5.41, 5.74) is 0.854. The van der Waals surface area contributed by atoms with E-state index in [9.17, 15) is 22.8 Å². The predicted molar refractivity (Wildman–Crippen MR) is 88.6 cm³/mol. The van der Waals surface area contributed by atoms with E-state index in [-0.39, 0.29) is 18.1 Å². The number of ketones is 1. The highest BCUT2D eigenvalue weighted by Crippen LogP contribution is 2.20. The van der Waals surface area contributed by atoms with Crippen molar-refractivity contribution in [3.05, 3.63) is 54.1 Å². The third-order valence-electron chi connectivity index (χ3n) is 3.15. The molecule has 0 aliphatic carbocycles. The average Bonchev–Trinajstić information content (AvgIpc) is 2.59. The van der Waals surface area contributed by atoms with Crippen LogP contribution in [0.2, 0.25) is 0 Å². The molecule has 0 fully saturated rings. The van der Waals surface area contributed by atoms with E-state index in [1.54, 1.807) is 18.2 Å². The molecule has 1 amide bonds. The Bertz CT molecular complexity index is 773. The molecule has 0 heterocycles. The van der Waals surface area contributed by atoms with E-state index in [0.29, 0.717) is 17.0 Å². The van der Waals surface area contributed by atoms with Gasteiger partial charge in [0, 0.05) is 11.3 Å².